The average Bonchev–Trinajstić information content (AvgIpc) is 2.74. The van der Waals surface area contributed by atoms with E-state index in [1.165, 1.54) is 17.0 Å². The molecule has 15 heavy (non-hydrogen) atoms. The first-order valence-corrected chi connectivity index (χ1v) is 6.47. The third kappa shape index (κ3) is 2.89. The van der Waals surface area contributed by atoms with Crippen molar-refractivity contribution < 1.29 is 4.39 Å². The minimum Gasteiger partial charge on any atom is -0.207 e. The molecule has 0 saturated heterocycles. The highest BCUT2D eigenvalue weighted by atomic mass is 79.9. The number of hydrogen-bond donors (Lipinski definition) is 0. The van der Waals surface area contributed by atoms with Crippen molar-refractivity contribution in [3.8, 4) is 0 Å². The van der Waals surface area contributed by atoms with Gasteiger partial charge in [-0.2, -0.15) is 0 Å². The maximum atomic E-state index is 12.7. The monoisotopic (exact) mass is 284 g/mol. The molecule has 1 unspecified atom stereocenters. The summed E-state index contributed by atoms with van der Waals surface area (Å²) in [7, 11) is 0. The molecule has 1 heterocycles. The van der Waals surface area contributed by atoms with Crippen LogP contribution in [-0.2, 0) is 6.42 Å². The van der Waals surface area contributed by atoms with Crippen molar-refractivity contribution in [1.82, 2.24) is 0 Å². The number of thiophene rings is 1. The first-order valence-electron chi connectivity index (χ1n) is 4.67. The summed E-state index contributed by atoms with van der Waals surface area (Å²) in [6, 6.07) is 10.8. The SMILES string of the molecule is Fc1ccc(CC(Br)c2cccs2)cc1. The predicted molar refractivity (Wildman–Crippen MR) is 66.1 cm³/mol. The van der Waals surface area contributed by atoms with Crippen LogP contribution in [0.5, 0.6) is 0 Å². The van der Waals surface area contributed by atoms with Crippen LogP contribution in [0, 0.1) is 5.82 Å². The summed E-state index contributed by atoms with van der Waals surface area (Å²) in [5.74, 6) is -0.180. The standard InChI is InChI=1S/C12H10BrFS/c13-11(12-2-1-7-15-12)8-9-3-5-10(14)6-4-9/h1-7,11H,8H2. The van der Waals surface area contributed by atoms with Gasteiger partial charge in [-0.25, -0.2) is 4.39 Å². The summed E-state index contributed by atoms with van der Waals surface area (Å²) >= 11 is 5.37. The van der Waals surface area contributed by atoms with E-state index >= 15 is 0 Å². The van der Waals surface area contributed by atoms with Crippen molar-refractivity contribution in [3.63, 3.8) is 0 Å². The fourth-order valence-corrected chi connectivity index (χ4v) is 2.95. The number of hydrogen-bond acceptors (Lipinski definition) is 1. The van der Waals surface area contributed by atoms with Gasteiger partial charge in [0.25, 0.3) is 0 Å². The third-order valence-corrected chi connectivity index (χ3v) is 4.29. The summed E-state index contributed by atoms with van der Waals surface area (Å²) in [5.41, 5.74) is 1.15. The Balaban J connectivity index is 2.06. The van der Waals surface area contributed by atoms with Gasteiger partial charge in [0.1, 0.15) is 5.82 Å². The zero-order valence-electron chi connectivity index (χ0n) is 7.99. The fourth-order valence-electron chi connectivity index (χ4n) is 1.40. The molecule has 1 aromatic heterocycles. The molecule has 0 aliphatic carbocycles. The zero-order valence-corrected chi connectivity index (χ0v) is 10.4. The first kappa shape index (κ1) is 10.8. The molecule has 0 aliphatic rings. The summed E-state index contributed by atoms with van der Waals surface area (Å²) in [4.78, 5) is 1.63. The lowest BCUT2D eigenvalue weighted by atomic mass is 10.1. The van der Waals surface area contributed by atoms with E-state index in [-0.39, 0.29) is 5.82 Å². The van der Waals surface area contributed by atoms with Gasteiger partial charge in [0.2, 0.25) is 0 Å². The molecule has 0 N–H and O–H groups in total. The molecule has 1 aromatic carbocycles. The van der Waals surface area contributed by atoms with Gasteiger partial charge < -0.3 is 0 Å². The van der Waals surface area contributed by atoms with Crippen molar-refractivity contribution in [3.05, 3.63) is 58.0 Å². The van der Waals surface area contributed by atoms with E-state index in [9.17, 15) is 4.39 Å². The molecule has 2 aromatic rings. The van der Waals surface area contributed by atoms with Crippen molar-refractivity contribution in [2.45, 2.75) is 11.2 Å². The summed E-state index contributed by atoms with van der Waals surface area (Å²) < 4.78 is 12.7. The van der Waals surface area contributed by atoms with Gasteiger partial charge in [-0.15, -0.1) is 11.3 Å². The molecule has 2 rings (SSSR count). The van der Waals surface area contributed by atoms with Gasteiger partial charge >= 0.3 is 0 Å². The second-order valence-electron chi connectivity index (χ2n) is 3.31. The Hall–Kier alpha value is -0.670. The van der Waals surface area contributed by atoms with Gasteiger partial charge in [-0.3, -0.25) is 0 Å². The Morgan fingerprint density at radius 2 is 1.93 bits per heavy atom. The van der Waals surface area contributed by atoms with E-state index in [1.807, 2.05) is 18.2 Å². The number of benzene rings is 1. The molecule has 0 spiro atoms. The van der Waals surface area contributed by atoms with Crippen LogP contribution >= 0.6 is 27.3 Å². The Bertz CT molecular complexity index is 408. The number of alkyl halides is 1. The van der Waals surface area contributed by atoms with Crippen LogP contribution in [0.3, 0.4) is 0 Å². The number of halogens is 2. The largest absolute Gasteiger partial charge is 0.207 e. The fraction of sp³-hybridized carbons (Fsp3) is 0.167. The highest BCUT2D eigenvalue weighted by Crippen LogP contribution is 2.30. The average molecular weight is 285 g/mol. The van der Waals surface area contributed by atoms with Crippen LogP contribution in [0.25, 0.3) is 0 Å². The Morgan fingerprint density at radius 3 is 2.53 bits per heavy atom. The van der Waals surface area contributed by atoms with E-state index in [4.69, 9.17) is 0 Å². The highest BCUT2D eigenvalue weighted by molar-refractivity contribution is 9.09. The van der Waals surface area contributed by atoms with Crippen LogP contribution in [0.1, 0.15) is 15.3 Å². The topological polar surface area (TPSA) is 0 Å². The zero-order chi connectivity index (χ0) is 10.7. The quantitative estimate of drug-likeness (QED) is 0.725. The Kier molecular flexibility index (Phi) is 3.54. The van der Waals surface area contributed by atoms with Crippen molar-refractivity contribution in [1.29, 1.82) is 0 Å². The summed E-state index contributed by atoms with van der Waals surface area (Å²) in [6.07, 6.45) is 0.890. The van der Waals surface area contributed by atoms with Crippen LogP contribution in [0.4, 0.5) is 4.39 Å². The molecule has 1 atom stereocenters. The van der Waals surface area contributed by atoms with Crippen LogP contribution in [0.15, 0.2) is 41.8 Å². The predicted octanol–water partition coefficient (Wildman–Crippen LogP) is 4.57. The molecule has 0 bridgehead atoms. The van der Waals surface area contributed by atoms with Gasteiger partial charge in [0, 0.05) is 4.88 Å². The first-order chi connectivity index (χ1) is 7.25. The van der Waals surface area contributed by atoms with E-state index in [0.717, 1.165) is 12.0 Å². The van der Waals surface area contributed by atoms with E-state index in [2.05, 4.69) is 27.4 Å². The lowest BCUT2D eigenvalue weighted by molar-refractivity contribution is 0.627. The molecule has 0 radical (unpaired) electrons. The lowest BCUT2D eigenvalue weighted by Gasteiger charge is -2.07. The van der Waals surface area contributed by atoms with Gasteiger partial charge in [0.15, 0.2) is 0 Å². The molecule has 0 fully saturated rings. The summed E-state index contributed by atoms with van der Waals surface area (Å²) in [5, 5.41) is 2.06. The molecule has 0 aliphatic heterocycles. The molecule has 0 nitrogen and oxygen atoms in total. The van der Waals surface area contributed by atoms with Crippen LogP contribution in [0.2, 0.25) is 0 Å². The van der Waals surface area contributed by atoms with Crippen LogP contribution in [-0.4, -0.2) is 0 Å². The normalized spacial score (nSPS) is 12.7. The Labute approximate surface area is 101 Å². The smallest absolute Gasteiger partial charge is 0.123 e. The molecule has 0 saturated carbocycles. The maximum Gasteiger partial charge on any atom is 0.123 e. The lowest BCUT2D eigenvalue weighted by Crippen LogP contribution is -1.92. The van der Waals surface area contributed by atoms with E-state index in [1.54, 1.807) is 11.3 Å². The minimum atomic E-state index is -0.180. The third-order valence-electron chi connectivity index (χ3n) is 2.18. The number of rotatable bonds is 3. The minimum absolute atomic E-state index is 0.180. The molecule has 78 valence electrons. The van der Waals surface area contributed by atoms with Gasteiger partial charge in [-0.1, -0.05) is 34.1 Å². The van der Waals surface area contributed by atoms with Crippen molar-refractivity contribution >= 4 is 27.3 Å². The molecular weight excluding hydrogens is 275 g/mol. The van der Waals surface area contributed by atoms with Gasteiger partial charge in [-0.05, 0) is 35.6 Å². The Morgan fingerprint density at radius 1 is 1.20 bits per heavy atom. The summed E-state index contributed by atoms with van der Waals surface area (Å²) in [6.45, 7) is 0. The molecule has 0 amide bonds. The van der Waals surface area contributed by atoms with Crippen molar-refractivity contribution in [2.24, 2.45) is 0 Å². The molecule has 3 heteroatoms. The van der Waals surface area contributed by atoms with Crippen LogP contribution < -0.4 is 0 Å². The second-order valence-corrected chi connectivity index (χ2v) is 5.40. The van der Waals surface area contributed by atoms with E-state index < -0.39 is 0 Å². The molecular formula is C12H10BrFS. The highest BCUT2D eigenvalue weighted by Gasteiger charge is 2.09. The van der Waals surface area contributed by atoms with E-state index in [0.29, 0.717) is 4.83 Å². The van der Waals surface area contributed by atoms with Crippen molar-refractivity contribution in [2.75, 3.05) is 0 Å². The second kappa shape index (κ2) is 4.90. The maximum absolute atomic E-state index is 12.7. The van der Waals surface area contributed by atoms with Gasteiger partial charge in [0.05, 0.1) is 4.83 Å².